The number of rotatable bonds is 2. The van der Waals surface area contributed by atoms with Gasteiger partial charge in [-0.05, 0) is 25.5 Å². The number of hydrogen-bond donors (Lipinski definition) is 1. The number of aromatic nitrogens is 1. The zero-order valence-electron chi connectivity index (χ0n) is 7.64. The second-order valence-electron chi connectivity index (χ2n) is 3.35. The molecule has 5 heteroatoms. The van der Waals surface area contributed by atoms with Crippen molar-refractivity contribution in [2.75, 3.05) is 6.54 Å². The van der Waals surface area contributed by atoms with Crippen LogP contribution >= 0.6 is 0 Å². The van der Waals surface area contributed by atoms with Gasteiger partial charge < -0.3 is 5.32 Å². The molecule has 14 heavy (non-hydrogen) atoms. The Labute approximate surface area is 81.3 Å². The van der Waals surface area contributed by atoms with E-state index >= 15 is 0 Å². The van der Waals surface area contributed by atoms with E-state index in [-0.39, 0.29) is 11.7 Å². The second-order valence-corrected chi connectivity index (χ2v) is 3.35. The molecule has 0 amide bonds. The predicted octanol–water partition coefficient (Wildman–Crippen LogP) is 1.41. The molecule has 1 saturated heterocycles. The maximum atomic E-state index is 10.4. The van der Waals surface area contributed by atoms with Crippen molar-refractivity contribution in [3.63, 3.8) is 0 Å². The summed E-state index contributed by atoms with van der Waals surface area (Å²) >= 11 is 0. The molecule has 0 spiro atoms. The van der Waals surface area contributed by atoms with E-state index in [1.54, 1.807) is 6.07 Å². The summed E-state index contributed by atoms with van der Waals surface area (Å²) in [5.74, 6) is 0. The molecule has 0 unspecified atom stereocenters. The SMILES string of the molecule is O=[N+]([O-])c1ccc([C@H]2CCCN2)nc1. The lowest BCUT2D eigenvalue weighted by molar-refractivity contribution is -0.385. The van der Waals surface area contributed by atoms with Crippen molar-refractivity contribution in [1.82, 2.24) is 10.3 Å². The molecule has 1 aliphatic heterocycles. The van der Waals surface area contributed by atoms with Gasteiger partial charge in [0.25, 0.3) is 5.69 Å². The summed E-state index contributed by atoms with van der Waals surface area (Å²) in [5, 5.41) is 13.7. The maximum absolute atomic E-state index is 10.4. The van der Waals surface area contributed by atoms with Crippen LogP contribution in [0.25, 0.3) is 0 Å². The van der Waals surface area contributed by atoms with E-state index in [2.05, 4.69) is 10.3 Å². The molecule has 1 aromatic heterocycles. The molecule has 1 aromatic rings. The van der Waals surface area contributed by atoms with Crippen LogP contribution in [-0.4, -0.2) is 16.5 Å². The van der Waals surface area contributed by atoms with Gasteiger partial charge in [-0.2, -0.15) is 0 Å². The summed E-state index contributed by atoms with van der Waals surface area (Å²) in [4.78, 5) is 14.0. The van der Waals surface area contributed by atoms with Crippen LogP contribution in [0.4, 0.5) is 5.69 Å². The van der Waals surface area contributed by atoms with Gasteiger partial charge in [0.2, 0.25) is 0 Å². The van der Waals surface area contributed by atoms with E-state index in [9.17, 15) is 10.1 Å². The van der Waals surface area contributed by atoms with E-state index in [1.165, 1.54) is 12.3 Å². The van der Waals surface area contributed by atoms with Gasteiger partial charge in [0.15, 0.2) is 0 Å². The molecule has 1 atom stereocenters. The Morgan fingerprint density at radius 1 is 1.57 bits per heavy atom. The Morgan fingerprint density at radius 2 is 2.43 bits per heavy atom. The van der Waals surface area contributed by atoms with Gasteiger partial charge in [-0.25, -0.2) is 0 Å². The third kappa shape index (κ3) is 1.72. The quantitative estimate of drug-likeness (QED) is 0.569. The van der Waals surface area contributed by atoms with Crippen LogP contribution in [0.2, 0.25) is 0 Å². The van der Waals surface area contributed by atoms with Crippen LogP contribution in [0, 0.1) is 10.1 Å². The zero-order chi connectivity index (χ0) is 9.97. The minimum absolute atomic E-state index is 0.0479. The second kappa shape index (κ2) is 3.71. The normalized spacial score (nSPS) is 21.0. The Hall–Kier alpha value is -1.49. The Kier molecular flexibility index (Phi) is 2.41. The molecule has 1 N–H and O–H groups in total. The summed E-state index contributed by atoms with van der Waals surface area (Å²) in [6.45, 7) is 1.00. The summed E-state index contributed by atoms with van der Waals surface area (Å²) in [6.07, 6.45) is 3.52. The van der Waals surface area contributed by atoms with Crippen molar-refractivity contribution in [2.45, 2.75) is 18.9 Å². The molecule has 74 valence electrons. The van der Waals surface area contributed by atoms with Crippen molar-refractivity contribution in [2.24, 2.45) is 0 Å². The van der Waals surface area contributed by atoms with Crippen LogP contribution < -0.4 is 5.32 Å². The number of hydrogen-bond acceptors (Lipinski definition) is 4. The van der Waals surface area contributed by atoms with Gasteiger partial charge in [0.1, 0.15) is 6.20 Å². The van der Waals surface area contributed by atoms with Crippen molar-refractivity contribution in [3.8, 4) is 0 Å². The minimum atomic E-state index is -0.432. The molecule has 0 saturated carbocycles. The molecule has 2 rings (SSSR count). The fourth-order valence-electron chi connectivity index (χ4n) is 1.65. The first-order valence-electron chi connectivity index (χ1n) is 4.61. The van der Waals surface area contributed by atoms with Gasteiger partial charge in [-0.15, -0.1) is 0 Å². The first-order chi connectivity index (χ1) is 6.77. The Bertz CT molecular complexity index is 330. The van der Waals surface area contributed by atoms with Gasteiger partial charge in [-0.1, -0.05) is 0 Å². The van der Waals surface area contributed by atoms with Crippen molar-refractivity contribution >= 4 is 5.69 Å². The monoisotopic (exact) mass is 193 g/mol. The van der Waals surface area contributed by atoms with Crippen molar-refractivity contribution in [1.29, 1.82) is 0 Å². The first-order valence-corrected chi connectivity index (χ1v) is 4.61. The summed E-state index contributed by atoms with van der Waals surface area (Å²) in [5.41, 5.74) is 0.944. The predicted molar refractivity (Wildman–Crippen MR) is 50.9 cm³/mol. The van der Waals surface area contributed by atoms with Crippen molar-refractivity contribution in [3.05, 3.63) is 34.1 Å². The maximum Gasteiger partial charge on any atom is 0.287 e. The minimum Gasteiger partial charge on any atom is -0.309 e. The molecular formula is C9H11N3O2. The fraction of sp³-hybridized carbons (Fsp3) is 0.444. The highest BCUT2D eigenvalue weighted by Gasteiger charge is 2.17. The molecule has 1 fully saturated rings. The molecular weight excluding hydrogens is 182 g/mol. The lowest BCUT2D eigenvalue weighted by atomic mass is 10.1. The highest BCUT2D eigenvalue weighted by atomic mass is 16.6. The van der Waals surface area contributed by atoms with Gasteiger partial charge in [0.05, 0.1) is 10.6 Å². The lowest BCUT2D eigenvalue weighted by Crippen LogP contribution is -2.14. The number of nitrogens with one attached hydrogen (secondary N) is 1. The molecule has 0 aliphatic carbocycles. The van der Waals surface area contributed by atoms with Crippen LogP contribution in [0.3, 0.4) is 0 Å². The third-order valence-electron chi connectivity index (χ3n) is 2.40. The van der Waals surface area contributed by atoms with E-state index in [1.807, 2.05) is 0 Å². The Balaban J connectivity index is 2.16. The van der Waals surface area contributed by atoms with Crippen LogP contribution in [0.15, 0.2) is 18.3 Å². The number of nitrogens with zero attached hydrogens (tertiary/aromatic N) is 2. The topological polar surface area (TPSA) is 68.1 Å². The molecule has 0 aromatic carbocycles. The van der Waals surface area contributed by atoms with E-state index in [4.69, 9.17) is 0 Å². The lowest BCUT2D eigenvalue weighted by Gasteiger charge is -2.07. The van der Waals surface area contributed by atoms with E-state index < -0.39 is 4.92 Å². The highest BCUT2D eigenvalue weighted by Crippen LogP contribution is 2.22. The summed E-state index contributed by atoms with van der Waals surface area (Å²) in [7, 11) is 0. The number of nitro groups is 1. The molecule has 0 bridgehead atoms. The van der Waals surface area contributed by atoms with Crippen LogP contribution in [0.5, 0.6) is 0 Å². The molecule has 1 aliphatic rings. The molecule has 0 radical (unpaired) electrons. The van der Waals surface area contributed by atoms with Crippen LogP contribution in [0.1, 0.15) is 24.6 Å². The van der Waals surface area contributed by atoms with Crippen molar-refractivity contribution < 1.29 is 4.92 Å². The summed E-state index contributed by atoms with van der Waals surface area (Å²) in [6, 6.07) is 3.50. The average molecular weight is 193 g/mol. The standard InChI is InChI=1S/C9H11N3O2/c13-12(14)7-3-4-9(11-6-7)8-2-1-5-10-8/h3-4,6,8,10H,1-2,5H2/t8-/m1/s1. The largest absolute Gasteiger partial charge is 0.309 e. The molecule has 5 nitrogen and oxygen atoms in total. The molecule has 2 heterocycles. The summed E-state index contributed by atoms with van der Waals surface area (Å²) < 4.78 is 0. The number of pyridine rings is 1. The van der Waals surface area contributed by atoms with E-state index in [0.29, 0.717) is 0 Å². The smallest absolute Gasteiger partial charge is 0.287 e. The van der Waals surface area contributed by atoms with Gasteiger partial charge in [-0.3, -0.25) is 15.1 Å². The highest BCUT2D eigenvalue weighted by molar-refractivity contribution is 5.27. The zero-order valence-corrected chi connectivity index (χ0v) is 7.64. The van der Waals surface area contributed by atoms with Gasteiger partial charge >= 0.3 is 0 Å². The third-order valence-corrected chi connectivity index (χ3v) is 2.40. The first kappa shape index (κ1) is 9.08. The fourth-order valence-corrected chi connectivity index (χ4v) is 1.65. The van der Waals surface area contributed by atoms with Gasteiger partial charge in [0, 0.05) is 12.1 Å². The average Bonchev–Trinajstić information content (AvgIpc) is 2.71. The van der Waals surface area contributed by atoms with Crippen LogP contribution in [-0.2, 0) is 0 Å². The Morgan fingerprint density at radius 3 is 2.93 bits per heavy atom. The van der Waals surface area contributed by atoms with E-state index in [0.717, 1.165) is 25.1 Å².